The van der Waals surface area contributed by atoms with E-state index in [0.717, 1.165) is 17.8 Å². The molecule has 0 aromatic rings. The van der Waals surface area contributed by atoms with E-state index in [1.54, 1.807) is 7.05 Å². The third kappa shape index (κ3) is 2.31. The van der Waals surface area contributed by atoms with E-state index >= 15 is 0 Å². The second kappa shape index (κ2) is 4.76. The van der Waals surface area contributed by atoms with Crippen LogP contribution in [0.25, 0.3) is 0 Å². The first-order valence-corrected chi connectivity index (χ1v) is 8.09. The minimum atomic E-state index is 0.0491. The number of nitrogens with one attached hydrogen (secondary N) is 1. The molecule has 108 valence electrons. The van der Waals surface area contributed by atoms with Gasteiger partial charge in [-0.25, -0.2) is 0 Å². The number of likely N-dealkylation sites (N-methyl/N-ethyl adjacent to an activating group) is 1. The molecular weight excluding hydrogens is 236 g/mol. The van der Waals surface area contributed by atoms with Crippen molar-refractivity contribution in [3.63, 3.8) is 0 Å². The average Bonchev–Trinajstić information content (AvgIpc) is 2.36. The largest absolute Gasteiger partial charge is 0.354 e. The molecule has 3 heteroatoms. The van der Waals surface area contributed by atoms with Crippen molar-refractivity contribution in [2.75, 3.05) is 7.05 Å². The van der Waals surface area contributed by atoms with Crippen LogP contribution in [0.5, 0.6) is 0 Å². The normalized spacial score (nSPS) is 43.0. The van der Waals surface area contributed by atoms with Crippen LogP contribution in [-0.2, 0) is 4.79 Å². The zero-order valence-electron chi connectivity index (χ0n) is 12.6. The lowest BCUT2D eigenvalue weighted by atomic mass is 9.48. The quantitative estimate of drug-likeness (QED) is 0.790. The van der Waals surface area contributed by atoms with E-state index in [1.807, 2.05) is 6.92 Å². The molecule has 3 nitrogen and oxygen atoms in total. The molecule has 2 atom stereocenters. The van der Waals surface area contributed by atoms with Gasteiger partial charge in [0.15, 0.2) is 6.04 Å². The van der Waals surface area contributed by atoms with Crippen LogP contribution in [0.4, 0.5) is 0 Å². The van der Waals surface area contributed by atoms with E-state index in [9.17, 15) is 4.79 Å². The molecule has 0 saturated heterocycles. The molecule has 4 bridgehead atoms. The summed E-state index contributed by atoms with van der Waals surface area (Å²) in [6.45, 7) is 4.41. The van der Waals surface area contributed by atoms with Gasteiger partial charge in [-0.2, -0.15) is 0 Å². The van der Waals surface area contributed by atoms with Crippen LogP contribution in [-0.4, -0.2) is 25.0 Å². The van der Waals surface area contributed by atoms with Gasteiger partial charge in [-0.1, -0.05) is 0 Å². The van der Waals surface area contributed by atoms with Crippen LogP contribution in [0.15, 0.2) is 0 Å². The molecule has 4 rings (SSSR count). The van der Waals surface area contributed by atoms with Gasteiger partial charge >= 0.3 is 0 Å². The Morgan fingerprint density at radius 3 is 2.00 bits per heavy atom. The lowest BCUT2D eigenvalue weighted by Gasteiger charge is -2.58. The van der Waals surface area contributed by atoms with Crippen molar-refractivity contribution in [2.45, 2.75) is 64.5 Å². The Balaban J connectivity index is 1.69. The van der Waals surface area contributed by atoms with Gasteiger partial charge in [0.1, 0.15) is 0 Å². The Morgan fingerprint density at radius 2 is 1.58 bits per heavy atom. The zero-order chi connectivity index (χ0) is 13.6. The van der Waals surface area contributed by atoms with Crippen LogP contribution < -0.4 is 10.6 Å². The molecule has 4 aliphatic rings. The van der Waals surface area contributed by atoms with E-state index < -0.39 is 0 Å². The highest BCUT2D eigenvalue weighted by Crippen LogP contribution is 2.60. The maximum atomic E-state index is 11.7. The van der Waals surface area contributed by atoms with E-state index in [0.29, 0.717) is 11.5 Å². The monoisotopic (exact) mass is 265 g/mol. The number of rotatable bonds is 4. The highest BCUT2D eigenvalue weighted by molar-refractivity contribution is 5.79. The number of amides is 1. The molecule has 0 aliphatic heterocycles. The molecule has 0 spiro atoms. The number of hydrogen-bond donors (Lipinski definition) is 2. The van der Waals surface area contributed by atoms with E-state index in [1.165, 1.54) is 38.5 Å². The first-order chi connectivity index (χ1) is 9.02. The lowest BCUT2D eigenvalue weighted by molar-refractivity contribution is -0.719. The summed E-state index contributed by atoms with van der Waals surface area (Å²) in [6, 6.07) is 0.640. The fourth-order valence-electron chi connectivity index (χ4n) is 5.69. The Bertz CT molecular complexity index is 330. The van der Waals surface area contributed by atoms with Crippen LogP contribution in [0, 0.1) is 23.2 Å². The van der Waals surface area contributed by atoms with Crippen LogP contribution >= 0.6 is 0 Å². The van der Waals surface area contributed by atoms with Gasteiger partial charge in [0.25, 0.3) is 5.91 Å². The number of quaternary nitrogens is 1. The van der Waals surface area contributed by atoms with E-state index in [4.69, 9.17) is 0 Å². The summed E-state index contributed by atoms with van der Waals surface area (Å²) in [5, 5.41) is 5.10. The van der Waals surface area contributed by atoms with Crippen molar-refractivity contribution in [2.24, 2.45) is 23.2 Å². The summed E-state index contributed by atoms with van der Waals surface area (Å²) in [5.41, 5.74) is 0.539. The van der Waals surface area contributed by atoms with Crippen LogP contribution in [0.1, 0.15) is 52.4 Å². The van der Waals surface area contributed by atoms with Crippen LogP contribution in [0.3, 0.4) is 0 Å². The molecule has 19 heavy (non-hydrogen) atoms. The first-order valence-electron chi connectivity index (χ1n) is 8.09. The molecule has 4 fully saturated rings. The first kappa shape index (κ1) is 13.4. The number of nitrogens with two attached hydrogens (primary N) is 1. The van der Waals surface area contributed by atoms with Crippen molar-refractivity contribution in [1.82, 2.24) is 5.32 Å². The highest BCUT2D eigenvalue weighted by Gasteiger charge is 2.54. The molecule has 4 saturated carbocycles. The summed E-state index contributed by atoms with van der Waals surface area (Å²) in [5.74, 6) is 3.16. The second-order valence-corrected chi connectivity index (χ2v) is 7.66. The van der Waals surface area contributed by atoms with Crippen molar-refractivity contribution < 1.29 is 10.1 Å². The van der Waals surface area contributed by atoms with Gasteiger partial charge in [-0.3, -0.25) is 4.79 Å². The summed E-state index contributed by atoms with van der Waals surface area (Å²) in [7, 11) is 1.74. The Hall–Kier alpha value is -0.570. The molecule has 1 amide bonds. The summed E-state index contributed by atoms with van der Waals surface area (Å²) < 4.78 is 0. The van der Waals surface area contributed by atoms with Gasteiger partial charge in [-0.15, -0.1) is 0 Å². The van der Waals surface area contributed by atoms with Crippen LogP contribution in [0.2, 0.25) is 0 Å². The summed E-state index contributed by atoms with van der Waals surface area (Å²) >= 11 is 0. The van der Waals surface area contributed by atoms with E-state index in [2.05, 4.69) is 17.6 Å². The SMILES string of the molecule is CNC(=O)[C@@H](C)[NH2+][C@H](C)C12CC3CC(CC(C3)C1)C2. The summed E-state index contributed by atoms with van der Waals surface area (Å²) in [4.78, 5) is 11.7. The van der Waals surface area contributed by atoms with Gasteiger partial charge in [0.05, 0.1) is 6.04 Å². The smallest absolute Gasteiger partial charge is 0.277 e. The van der Waals surface area contributed by atoms with Gasteiger partial charge in [-0.05, 0) is 70.1 Å². The zero-order valence-corrected chi connectivity index (χ0v) is 12.6. The van der Waals surface area contributed by atoms with Crippen molar-refractivity contribution in [1.29, 1.82) is 0 Å². The summed E-state index contributed by atoms with van der Waals surface area (Å²) in [6.07, 6.45) is 8.77. The molecule has 0 unspecified atom stereocenters. The molecule has 0 radical (unpaired) electrons. The number of carbonyl (C=O) groups is 1. The minimum Gasteiger partial charge on any atom is -0.354 e. The third-order valence-electron chi connectivity index (χ3n) is 6.29. The average molecular weight is 265 g/mol. The predicted octanol–water partition coefficient (Wildman–Crippen LogP) is 1.29. The highest BCUT2D eigenvalue weighted by atomic mass is 16.2. The standard InChI is InChI=1S/C16H28N2O/c1-10(15(19)17-3)18-11(2)16-7-12-4-13(8-16)6-14(5-12)9-16/h10-14,18H,4-9H2,1-3H3,(H,17,19)/p+1/t10-,11-,12?,13?,14?,16?/m1/s1. The van der Waals surface area contributed by atoms with Gasteiger partial charge < -0.3 is 10.6 Å². The maximum Gasteiger partial charge on any atom is 0.277 e. The number of carbonyl (C=O) groups excluding carboxylic acids is 1. The molecule has 3 N–H and O–H groups in total. The maximum absolute atomic E-state index is 11.7. The topological polar surface area (TPSA) is 45.7 Å². The van der Waals surface area contributed by atoms with Gasteiger partial charge in [0, 0.05) is 12.5 Å². The van der Waals surface area contributed by atoms with Crippen molar-refractivity contribution in [3.8, 4) is 0 Å². The lowest BCUT2D eigenvalue weighted by Crippen LogP contribution is -2.98. The molecule has 4 aliphatic carbocycles. The minimum absolute atomic E-state index is 0.0491. The van der Waals surface area contributed by atoms with Crippen molar-refractivity contribution >= 4 is 5.91 Å². The Morgan fingerprint density at radius 1 is 1.11 bits per heavy atom. The molecule has 0 heterocycles. The fourth-order valence-corrected chi connectivity index (χ4v) is 5.69. The van der Waals surface area contributed by atoms with Gasteiger partial charge in [0.2, 0.25) is 0 Å². The van der Waals surface area contributed by atoms with Crippen molar-refractivity contribution in [3.05, 3.63) is 0 Å². The molecular formula is C16H29N2O+. The third-order valence-corrected chi connectivity index (χ3v) is 6.29. The molecule has 0 aromatic carbocycles. The second-order valence-electron chi connectivity index (χ2n) is 7.66. The molecule has 0 aromatic heterocycles. The van der Waals surface area contributed by atoms with E-state index in [-0.39, 0.29) is 11.9 Å². The Labute approximate surface area is 116 Å². The Kier molecular flexibility index (Phi) is 3.36. The predicted molar refractivity (Wildman–Crippen MR) is 75.5 cm³/mol. The fraction of sp³-hybridized carbons (Fsp3) is 0.938. The number of hydrogen-bond acceptors (Lipinski definition) is 1.